The van der Waals surface area contributed by atoms with Crippen molar-refractivity contribution in [2.24, 2.45) is 7.05 Å². The van der Waals surface area contributed by atoms with Crippen LogP contribution in [0.3, 0.4) is 0 Å². The number of rotatable bonds is 5. The Kier molecular flexibility index (Phi) is 4.32. The summed E-state index contributed by atoms with van der Waals surface area (Å²) >= 11 is 0. The summed E-state index contributed by atoms with van der Waals surface area (Å²) in [6, 6.07) is 16.9. The van der Waals surface area contributed by atoms with E-state index in [1.165, 1.54) is 0 Å². The molecule has 0 radical (unpaired) electrons. The number of imidazole rings is 1. The number of hydrogen-bond acceptors (Lipinski definition) is 3. The van der Waals surface area contributed by atoms with Crippen LogP contribution in [0.15, 0.2) is 59.4 Å². The van der Waals surface area contributed by atoms with Crippen molar-refractivity contribution in [2.45, 2.75) is 12.1 Å². The Labute approximate surface area is 134 Å². The van der Waals surface area contributed by atoms with Crippen molar-refractivity contribution < 1.29 is 5.11 Å². The normalized spacial score (nSPS) is 14.0. The number of nitrogens with zero attached hydrogens (tertiary/aromatic N) is 2. The van der Waals surface area contributed by atoms with Crippen LogP contribution in [0.2, 0.25) is 0 Å². The maximum atomic E-state index is 12.8. The number of aliphatic hydroxyl groups is 1. The summed E-state index contributed by atoms with van der Waals surface area (Å²) in [5.74, 6) is 0. The number of para-hydroxylation sites is 2. The van der Waals surface area contributed by atoms with E-state index in [0.29, 0.717) is 6.54 Å². The second-order valence-electron chi connectivity index (χ2n) is 5.68. The van der Waals surface area contributed by atoms with Crippen molar-refractivity contribution in [1.29, 1.82) is 0 Å². The maximum Gasteiger partial charge on any atom is 0.329 e. The molecule has 0 saturated carbocycles. The average molecular weight is 311 g/mol. The number of aryl methyl sites for hydroxylation is 1. The highest BCUT2D eigenvalue weighted by Gasteiger charge is 2.26. The monoisotopic (exact) mass is 311 g/mol. The van der Waals surface area contributed by atoms with Gasteiger partial charge in [0.25, 0.3) is 0 Å². The van der Waals surface area contributed by atoms with Gasteiger partial charge in [0.05, 0.1) is 23.2 Å². The second kappa shape index (κ2) is 6.40. The smallest absolute Gasteiger partial charge is 0.329 e. The summed E-state index contributed by atoms with van der Waals surface area (Å²) in [7, 11) is 3.55. The predicted molar refractivity (Wildman–Crippen MR) is 91.7 cm³/mol. The number of benzene rings is 2. The number of likely N-dealkylation sites (N-methyl/N-ethyl adjacent to an activating group) is 1. The van der Waals surface area contributed by atoms with E-state index in [-0.39, 0.29) is 5.69 Å². The highest BCUT2D eigenvalue weighted by molar-refractivity contribution is 5.76. The summed E-state index contributed by atoms with van der Waals surface area (Å²) < 4.78 is 3.31. The van der Waals surface area contributed by atoms with E-state index in [1.54, 1.807) is 23.2 Å². The lowest BCUT2D eigenvalue weighted by Crippen LogP contribution is -2.38. The molecule has 3 aromatic rings. The lowest BCUT2D eigenvalue weighted by molar-refractivity contribution is 0.130. The van der Waals surface area contributed by atoms with Crippen LogP contribution in [-0.4, -0.2) is 33.9 Å². The minimum atomic E-state index is -0.717. The third-order valence-corrected chi connectivity index (χ3v) is 4.19. The van der Waals surface area contributed by atoms with Crippen LogP contribution >= 0.6 is 0 Å². The molecular formula is C18H21N3O2. The van der Waals surface area contributed by atoms with E-state index in [0.717, 1.165) is 16.6 Å². The summed E-state index contributed by atoms with van der Waals surface area (Å²) in [6.07, 6.45) is -0.717. The van der Waals surface area contributed by atoms with Gasteiger partial charge in [0, 0.05) is 13.6 Å². The first kappa shape index (κ1) is 15.5. The van der Waals surface area contributed by atoms with Gasteiger partial charge >= 0.3 is 5.69 Å². The second-order valence-corrected chi connectivity index (χ2v) is 5.68. The number of nitrogens with one attached hydrogen (secondary N) is 1. The molecule has 2 atom stereocenters. The van der Waals surface area contributed by atoms with Gasteiger partial charge in [0.15, 0.2) is 0 Å². The zero-order chi connectivity index (χ0) is 16.4. The Morgan fingerprint density at radius 1 is 1.04 bits per heavy atom. The Morgan fingerprint density at radius 3 is 2.30 bits per heavy atom. The van der Waals surface area contributed by atoms with Gasteiger partial charge in [-0.05, 0) is 24.7 Å². The van der Waals surface area contributed by atoms with Gasteiger partial charge in [0.1, 0.15) is 0 Å². The molecule has 0 saturated heterocycles. The first-order chi connectivity index (χ1) is 11.1. The number of aliphatic hydroxyl groups excluding tert-OH is 1. The van der Waals surface area contributed by atoms with Crippen molar-refractivity contribution in [3.8, 4) is 0 Å². The molecule has 3 rings (SSSR count). The first-order valence-corrected chi connectivity index (χ1v) is 7.68. The van der Waals surface area contributed by atoms with Gasteiger partial charge in [-0.1, -0.05) is 42.5 Å². The fraction of sp³-hybridized carbons (Fsp3) is 0.278. The molecule has 23 heavy (non-hydrogen) atoms. The molecule has 0 aliphatic heterocycles. The average Bonchev–Trinajstić information content (AvgIpc) is 2.82. The quantitative estimate of drug-likeness (QED) is 0.751. The summed E-state index contributed by atoms with van der Waals surface area (Å²) in [4.78, 5) is 12.8. The number of fused-ring (bicyclic) bond motifs is 1. The van der Waals surface area contributed by atoms with Crippen LogP contribution in [0.25, 0.3) is 11.0 Å². The van der Waals surface area contributed by atoms with E-state index < -0.39 is 12.1 Å². The Bertz CT molecular complexity index is 852. The molecule has 2 N–H and O–H groups in total. The van der Waals surface area contributed by atoms with Gasteiger partial charge in [0.2, 0.25) is 0 Å². The molecule has 1 heterocycles. The minimum Gasteiger partial charge on any atom is -0.389 e. The van der Waals surface area contributed by atoms with Crippen LogP contribution in [0.4, 0.5) is 0 Å². The maximum absolute atomic E-state index is 12.8. The standard InChI is InChI=1S/C18H21N3O2/c1-19-12-16(22)17(13-8-4-3-5-9-13)21-15-11-7-6-10-14(15)20(2)18(21)23/h3-11,16-17,19,22H,12H2,1-2H3/t16-,17-/m0/s1. The third kappa shape index (κ3) is 2.69. The van der Waals surface area contributed by atoms with Crippen LogP contribution in [0, 0.1) is 0 Å². The summed E-state index contributed by atoms with van der Waals surface area (Å²) in [5, 5.41) is 13.7. The van der Waals surface area contributed by atoms with Crippen molar-refractivity contribution in [1.82, 2.24) is 14.5 Å². The zero-order valence-corrected chi connectivity index (χ0v) is 13.3. The van der Waals surface area contributed by atoms with Gasteiger partial charge in [-0.3, -0.25) is 9.13 Å². The van der Waals surface area contributed by atoms with Crippen molar-refractivity contribution in [3.63, 3.8) is 0 Å². The van der Waals surface area contributed by atoms with Crippen LogP contribution in [0.1, 0.15) is 11.6 Å². The van der Waals surface area contributed by atoms with E-state index in [2.05, 4.69) is 5.32 Å². The van der Waals surface area contributed by atoms with Gasteiger partial charge < -0.3 is 10.4 Å². The van der Waals surface area contributed by atoms with Gasteiger partial charge in [-0.15, -0.1) is 0 Å². The minimum absolute atomic E-state index is 0.129. The van der Waals surface area contributed by atoms with Crippen molar-refractivity contribution in [2.75, 3.05) is 13.6 Å². The molecule has 5 heteroatoms. The molecule has 1 aromatic heterocycles. The van der Waals surface area contributed by atoms with Crippen LogP contribution < -0.4 is 11.0 Å². The summed E-state index contributed by atoms with van der Waals surface area (Å²) in [6.45, 7) is 0.398. The molecule has 120 valence electrons. The molecule has 0 spiro atoms. The van der Waals surface area contributed by atoms with E-state index >= 15 is 0 Å². The van der Waals surface area contributed by atoms with Gasteiger partial charge in [-0.25, -0.2) is 4.79 Å². The Balaban J connectivity index is 2.26. The SMILES string of the molecule is CNC[C@H](O)[C@H](c1ccccc1)n1c(=O)n(C)c2ccccc21. The van der Waals surface area contributed by atoms with E-state index in [4.69, 9.17) is 0 Å². The lowest BCUT2D eigenvalue weighted by atomic mass is 10.0. The highest BCUT2D eigenvalue weighted by Crippen LogP contribution is 2.25. The fourth-order valence-electron chi connectivity index (χ4n) is 3.10. The topological polar surface area (TPSA) is 59.2 Å². The molecular weight excluding hydrogens is 290 g/mol. The molecule has 0 unspecified atom stereocenters. The van der Waals surface area contributed by atoms with E-state index in [9.17, 15) is 9.90 Å². The van der Waals surface area contributed by atoms with Crippen molar-refractivity contribution in [3.05, 3.63) is 70.6 Å². The Hall–Kier alpha value is -2.37. The molecule has 2 aromatic carbocycles. The first-order valence-electron chi connectivity index (χ1n) is 7.68. The molecule has 5 nitrogen and oxygen atoms in total. The molecule has 0 aliphatic carbocycles. The molecule has 0 bridgehead atoms. The molecule has 0 aliphatic rings. The summed E-state index contributed by atoms with van der Waals surface area (Å²) in [5.41, 5.74) is 2.46. The van der Waals surface area contributed by atoms with Gasteiger partial charge in [-0.2, -0.15) is 0 Å². The van der Waals surface area contributed by atoms with Crippen LogP contribution in [0.5, 0.6) is 0 Å². The third-order valence-electron chi connectivity index (χ3n) is 4.19. The number of aromatic nitrogens is 2. The number of hydrogen-bond donors (Lipinski definition) is 2. The van der Waals surface area contributed by atoms with Crippen molar-refractivity contribution >= 4 is 11.0 Å². The largest absolute Gasteiger partial charge is 0.389 e. The fourth-order valence-corrected chi connectivity index (χ4v) is 3.10. The molecule has 0 amide bonds. The molecule has 0 fully saturated rings. The predicted octanol–water partition coefficient (Wildman–Crippen LogP) is 1.51. The van der Waals surface area contributed by atoms with Crippen LogP contribution in [-0.2, 0) is 7.05 Å². The van der Waals surface area contributed by atoms with E-state index in [1.807, 2.05) is 54.6 Å². The highest BCUT2D eigenvalue weighted by atomic mass is 16.3. The zero-order valence-electron chi connectivity index (χ0n) is 13.3. The lowest BCUT2D eigenvalue weighted by Gasteiger charge is -2.24. The Morgan fingerprint density at radius 2 is 1.65 bits per heavy atom.